The second-order valence-corrected chi connectivity index (χ2v) is 7.06. The maximum absolute atomic E-state index is 12.4. The van der Waals surface area contributed by atoms with Crippen LogP contribution in [0, 0.1) is 0 Å². The van der Waals surface area contributed by atoms with E-state index >= 15 is 0 Å². The number of carbonyl (C=O) groups excluding carboxylic acids is 1. The second kappa shape index (κ2) is 6.16. The van der Waals surface area contributed by atoms with Crippen LogP contribution in [-0.2, 0) is 14.1 Å². The van der Waals surface area contributed by atoms with Crippen molar-refractivity contribution in [1.82, 2.24) is 29.6 Å². The van der Waals surface area contributed by atoms with Gasteiger partial charge >= 0.3 is 0 Å². The number of carbonyl (C=O) groups is 1. The van der Waals surface area contributed by atoms with Gasteiger partial charge in [-0.1, -0.05) is 0 Å². The van der Waals surface area contributed by atoms with Crippen molar-refractivity contribution in [3.63, 3.8) is 0 Å². The zero-order valence-corrected chi connectivity index (χ0v) is 15.1. The van der Waals surface area contributed by atoms with Gasteiger partial charge in [0.25, 0.3) is 5.91 Å². The van der Waals surface area contributed by atoms with Gasteiger partial charge in [-0.25, -0.2) is 9.97 Å². The smallest absolute Gasteiger partial charge is 0.268 e. The minimum Gasteiger partial charge on any atom is -0.346 e. The molecule has 0 aromatic carbocycles. The average molecular weight is 338 g/mol. The van der Waals surface area contributed by atoms with Gasteiger partial charge in [-0.3, -0.25) is 9.48 Å². The van der Waals surface area contributed by atoms with Crippen LogP contribution >= 0.6 is 0 Å². The molecule has 0 radical (unpaired) electrons. The van der Waals surface area contributed by atoms with E-state index in [9.17, 15) is 4.79 Å². The molecule has 0 bridgehead atoms. The first-order valence-corrected chi connectivity index (χ1v) is 8.04. The molecule has 3 heterocycles. The molecule has 0 aliphatic rings. The quantitative estimate of drug-likeness (QED) is 0.795. The molecule has 3 aromatic rings. The summed E-state index contributed by atoms with van der Waals surface area (Å²) in [5.41, 5.74) is 2.93. The highest BCUT2D eigenvalue weighted by Gasteiger charge is 2.19. The highest BCUT2D eigenvalue weighted by atomic mass is 16.2. The average Bonchev–Trinajstić information content (AvgIpc) is 3.12. The van der Waals surface area contributed by atoms with E-state index in [0.29, 0.717) is 11.5 Å². The lowest BCUT2D eigenvalue weighted by atomic mass is 10.1. The number of aromatic nitrogens is 5. The molecule has 0 aliphatic heterocycles. The van der Waals surface area contributed by atoms with Gasteiger partial charge in [0.1, 0.15) is 11.4 Å². The minimum absolute atomic E-state index is 0.103. The van der Waals surface area contributed by atoms with Gasteiger partial charge in [0.05, 0.1) is 0 Å². The van der Waals surface area contributed by atoms with Crippen LogP contribution in [0.1, 0.15) is 31.3 Å². The van der Waals surface area contributed by atoms with Crippen LogP contribution in [-0.4, -0.2) is 35.8 Å². The van der Waals surface area contributed by atoms with Gasteiger partial charge in [0, 0.05) is 55.5 Å². The van der Waals surface area contributed by atoms with Crippen LogP contribution in [0.3, 0.4) is 0 Å². The molecule has 7 nitrogen and oxygen atoms in total. The van der Waals surface area contributed by atoms with E-state index in [1.54, 1.807) is 23.3 Å². The first kappa shape index (κ1) is 16.9. The lowest BCUT2D eigenvalue weighted by molar-refractivity contribution is 0.0911. The van der Waals surface area contributed by atoms with E-state index < -0.39 is 0 Å². The Morgan fingerprint density at radius 3 is 2.36 bits per heavy atom. The molecule has 0 saturated heterocycles. The van der Waals surface area contributed by atoms with E-state index in [0.717, 1.165) is 16.8 Å². The summed E-state index contributed by atoms with van der Waals surface area (Å²) < 4.78 is 3.54. The Kier molecular flexibility index (Phi) is 4.16. The fraction of sp³-hybridized carbons (Fsp3) is 0.333. The third-order valence-electron chi connectivity index (χ3n) is 3.76. The van der Waals surface area contributed by atoms with Crippen LogP contribution in [0.2, 0.25) is 0 Å². The Morgan fingerprint density at radius 1 is 1.12 bits per heavy atom. The summed E-state index contributed by atoms with van der Waals surface area (Å²) >= 11 is 0. The van der Waals surface area contributed by atoms with Gasteiger partial charge in [-0.2, -0.15) is 5.10 Å². The molecule has 25 heavy (non-hydrogen) atoms. The summed E-state index contributed by atoms with van der Waals surface area (Å²) in [6.45, 7) is 5.87. The molecule has 7 heteroatoms. The number of nitrogens with zero attached hydrogens (tertiary/aromatic N) is 5. The van der Waals surface area contributed by atoms with Crippen LogP contribution in [0.25, 0.3) is 22.6 Å². The number of hydrogen-bond donors (Lipinski definition) is 1. The summed E-state index contributed by atoms with van der Waals surface area (Å²) in [5.74, 6) is 0.513. The summed E-state index contributed by atoms with van der Waals surface area (Å²) in [6, 6.07) is 3.72. The monoisotopic (exact) mass is 338 g/mol. The summed E-state index contributed by atoms with van der Waals surface area (Å²) in [7, 11) is 3.70. The van der Waals surface area contributed by atoms with Gasteiger partial charge in [0.2, 0.25) is 0 Å². The Bertz CT molecular complexity index is 899. The molecule has 0 aliphatic carbocycles. The molecule has 130 valence electrons. The van der Waals surface area contributed by atoms with Crippen molar-refractivity contribution in [2.75, 3.05) is 0 Å². The van der Waals surface area contributed by atoms with Crippen molar-refractivity contribution in [2.24, 2.45) is 14.1 Å². The van der Waals surface area contributed by atoms with Gasteiger partial charge in [0.15, 0.2) is 5.82 Å². The molecule has 0 saturated carbocycles. The highest BCUT2D eigenvalue weighted by Crippen LogP contribution is 2.22. The maximum atomic E-state index is 12.4. The van der Waals surface area contributed by atoms with Crippen molar-refractivity contribution in [2.45, 2.75) is 26.3 Å². The molecule has 1 N–H and O–H groups in total. The van der Waals surface area contributed by atoms with Crippen molar-refractivity contribution in [3.05, 3.63) is 42.6 Å². The third-order valence-corrected chi connectivity index (χ3v) is 3.76. The first-order valence-electron chi connectivity index (χ1n) is 8.04. The predicted molar refractivity (Wildman–Crippen MR) is 95.9 cm³/mol. The number of hydrogen-bond acceptors (Lipinski definition) is 4. The van der Waals surface area contributed by atoms with E-state index in [2.05, 4.69) is 20.4 Å². The van der Waals surface area contributed by atoms with Crippen LogP contribution in [0.5, 0.6) is 0 Å². The predicted octanol–water partition coefficient (Wildman–Crippen LogP) is 2.41. The molecule has 0 atom stereocenters. The molecule has 3 aromatic heterocycles. The van der Waals surface area contributed by atoms with E-state index in [4.69, 9.17) is 0 Å². The molecule has 0 fully saturated rings. The Hall–Kier alpha value is -2.96. The fourth-order valence-corrected chi connectivity index (χ4v) is 2.56. The molecule has 0 spiro atoms. The molecule has 1 amide bonds. The van der Waals surface area contributed by atoms with E-state index in [1.807, 2.05) is 57.8 Å². The zero-order valence-electron chi connectivity index (χ0n) is 15.1. The van der Waals surface area contributed by atoms with Gasteiger partial charge in [-0.15, -0.1) is 0 Å². The second-order valence-electron chi connectivity index (χ2n) is 7.06. The number of nitrogens with one attached hydrogen (secondary N) is 1. The highest BCUT2D eigenvalue weighted by molar-refractivity contribution is 5.94. The van der Waals surface area contributed by atoms with Crippen molar-refractivity contribution in [3.8, 4) is 22.6 Å². The largest absolute Gasteiger partial charge is 0.346 e. The summed E-state index contributed by atoms with van der Waals surface area (Å²) in [4.78, 5) is 21.2. The molecule has 3 rings (SSSR count). The zero-order chi connectivity index (χ0) is 18.2. The first-order chi connectivity index (χ1) is 11.7. The van der Waals surface area contributed by atoms with Crippen LogP contribution in [0.4, 0.5) is 0 Å². The molecule has 0 unspecified atom stereocenters. The lowest BCUT2D eigenvalue weighted by Crippen LogP contribution is -2.41. The standard InChI is InChI=1S/C18H22N6O/c1-18(2,3)22-17(25)15-8-12(11-23(15)4)13-9-19-16(20-10-13)14-6-7-21-24(14)5/h6-11H,1-5H3,(H,22,25). The summed E-state index contributed by atoms with van der Waals surface area (Å²) in [6.07, 6.45) is 7.14. The summed E-state index contributed by atoms with van der Waals surface area (Å²) in [5, 5.41) is 7.10. The van der Waals surface area contributed by atoms with Gasteiger partial charge < -0.3 is 9.88 Å². The number of rotatable bonds is 3. The van der Waals surface area contributed by atoms with E-state index in [1.165, 1.54) is 0 Å². The minimum atomic E-state index is -0.282. The SMILES string of the molecule is Cn1cc(-c2cnc(-c3ccnn3C)nc2)cc1C(=O)NC(C)(C)C. The Morgan fingerprint density at radius 2 is 1.80 bits per heavy atom. The fourth-order valence-electron chi connectivity index (χ4n) is 2.56. The Labute approximate surface area is 146 Å². The number of aryl methyl sites for hydroxylation is 2. The van der Waals surface area contributed by atoms with Crippen molar-refractivity contribution < 1.29 is 4.79 Å². The lowest BCUT2D eigenvalue weighted by Gasteiger charge is -2.20. The van der Waals surface area contributed by atoms with E-state index in [-0.39, 0.29) is 11.4 Å². The molecular formula is C18H22N6O. The van der Waals surface area contributed by atoms with Crippen molar-refractivity contribution in [1.29, 1.82) is 0 Å². The third kappa shape index (κ3) is 3.60. The van der Waals surface area contributed by atoms with Crippen molar-refractivity contribution >= 4 is 5.91 Å². The Balaban J connectivity index is 1.87. The number of amides is 1. The van der Waals surface area contributed by atoms with Crippen LogP contribution < -0.4 is 5.32 Å². The topological polar surface area (TPSA) is 77.6 Å². The normalized spacial score (nSPS) is 11.6. The van der Waals surface area contributed by atoms with Crippen LogP contribution in [0.15, 0.2) is 36.9 Å². The van der Waals surface area contributed by atoms with Gasteiger partial charge in [-0.05, 0) is 32.9 Å². The maximum Gasteiger partial charge on any atom is 0.268 e. The molecular weight excluding hydrogens is 316 g/mol.